The summed E-state index contributed by atoms with van der Waals surface area (Å²) in [6.07, 6.45) is 0.307. The molecule has 1 unspecified atom stereocenters. The van der Waals surface area contributed by atoms with Gasteiger partial charge in [0.25, 0.3) is 0 Å². The van der Waals surface area contributed by atoms with Crippen LogP contribution in [-0.4, -0.2) is 23.5 Å². The molecule has 0 bridgehead atoms. The Labute approximate surface area is 129 Å². The van der Waals surface area contributed by atoms with Crippen LogP contribution in [0.3, 0.4) is 0 Å². The molecule has 1 heterocycles. The molecule has 22 heavy (non-hydrogen) atoms. The lowest BCUT2D eigenvalue weighted by molar-refractivity contribution is -0.136. The van der Waals surface area contributed by atoms with Crippen molar-refractivity contribution in [3.63, 3.8) is 0 Å². The van der Waals surface area contributed by atoms with Gasteiger partial charge in [0, 0.05) is 5.69 Å². The first-order chi connectivity index (χ1) is 10.5. The minimum atomic E-state index is -1.07. The van der Waals surface area contributed by atoms with Crippen LogP contribution in [0, 0.1) is 5.82 Å². The molecule has 0 spiro atoms. The van der Waals surface area contributed by atoms with Crippen molar-refractivity contribution in [2.45, 2.75) is 6.10 Å². The summed E-state index contributed by atoms with van der Waals surface area (Å²) in [6.45, 7) is -0.200. The first-order valence-corrected chi connectivity index (χ1v) is 6.61. The Morgan fingerprint density at radius 2 is 2.09 bits per heavy atom. The minimum Gasteiger partial charge on any atom is -0.467 e. The molecule has 2 amide bonds. The Morgan fingerprint density at radius 1 is 1.32 bits per heavy atom. The monoisotopic (exact) mass is 326 g/mol. The summed E-state index contributed by atoms with van der Waals surface area (Å²) in [4.78, 5) is 23.2. The number of furan rings is 1. The van der Waals surface area contributed by atoms with Gasteiger partial charge in [0.2, 0.25) is 0 Å². The van der Waals surface area contributed by atoms with Crippen molar-refractivity contribution in [3.05, 3.63) is 53.2 Å². The van der Waals surface area contributed by atoms with Gasteiger partial charge in [-0.15, -0.1) is 0 Å². The number of aliphatic hydroxyl groups excluding tert-OH is 1. The predicted octanol–water partition coefficient (Wildman–Crippen LogP) is 1.86. The van der Waals surface area contributed by atoms with E-state index < -0.39 is 23.7 Å². The van der Waals surface area contributed by atoms with Crippen LogP contribution in [0.1, 0.15) is 11.9 Å². The molecule has 6 nitrogen and oxygen atoms in total. The second kappa shape index (κ2) is 7.06. The van der Waals surface area contributed by atoms with E-state index in [1.807, 2.05) is 0 Å². The van der Waals surface area contributed by atoms with Crippen LogP contribution in [0.5, 0.6) is 0 Å². The molecule has 0 saturated carbocycles. The molecule has 0 fully saturated rings. The maximum Gasteiger partial charge on any atom is 0.313 e. The van der Waals surface area contributed by atoms with Gasteiger partial charge < -0.3 is 20.2 Å². The smallest absolute Gasteiger partial charge is 0.313 e. The fourth-order valence-electron chi connectivity index (χ4n) is 1.61. The highest BCUT2D eigenvalue weighted by Crippen LogP contribution is 2.18. The molecule has 0 aliphatic heterocycles. The van der Waals surface area contributed by atoms with E-state index in [2.05, 4.69) is 10.6 Å². The number of hydrogen-bond donors (Lipinski definition) is 3. The van der Waals surface area contributed by atoms with Crippen molar-refractivity contribution in [2.75, 3.05) is 11.9 Å². The molecular formula is C14H12ClFN2O4. The average molecular weight is 327 g/mol. The third kappa shape index (κ3) is 4.06. The SMILES string of the molecule is O=C(NCC(O)c1ccco1)C(=O)Nc1ccc(Cl)c(F)c1. The molecule has 0 saturated heterocycles. The number of halogens is 2. The van der Waals surface area contributed by atoms with Crippen LogP contribution < -0.4 is 10.6 Å². The Bertz CT molecular complexity index is 675. The van der Waals surface area contributed by atoms with Crippen molar-refractivity contribution in [1.29, 1.82) is 0 Å². The zero-order valence-corrected chi connectivity index (χ0v) is 11.9. The van der Waals surface area contributed by atoms with Gasteiger partial charge >= 0.3 is 11.8 Å². The molecule has 116 valence electrons. The van der Waals surface area contributed by atoms with Gasteiger partial charge in [-0.2, -0.15) is 0 Å². The molecule has 1 aromatic carbocycles. The highest BCUT2D eigenvalue weighted by Gasteiger charge is 2.17. The molecule has 1 aromatic heterocycles. The number of carbonyl (C=O) groups is 2. The Hall–Kier alpha value is -2.38. The number of rotatable bonds is 4. The highest BCUT2D eigenvalue weighted by atomic mass is 35.5. The van der Waals surface area contributed by atoms with Crippen molar-refractivity contribution in [2.24, 2.45) is 0 Å². The lowest BCUT2D eigenvalue weighted by Crippen LogP contribution is -2.37. The van der Waals surface area contributed by atoms with Gasteiger partial charge in [0.05, 0.1) is 17.8 Å². The lowest BCUT2D eigenvalue weighted by Gasteiger charge is -2.10. The zero-order chi connectivity index (χ0) is 16.1. The second-order valence-corrected chi connectivity index (χ2v) is 4.73. The number of aliphatic hydroxyl groups is 1. The fourth-order valence-corrected chi connectivity index (χ4v) is 1.73. The number of carbonyl (C=O) groups excluding carboxylic acids is 2. The van der Waals surface area contributed by atoms with Gasteiger partial charge in [-0.1, -0.05) is 11.6 Å². The fraction of sp³-hybridized carbons (Fsp3) is 0.143. The van der Waals surface area contributed by atoms with Crippen LogP contribution in [0.15, 0.2) is 41.0 Å². The van der Waals surface area contributed by atoms with E-state index in [9.17, 15) is 19.1 Å². The summed E-state index contributed by atoms with van der Waals surface area (Å²) in [6, 6.07) is 6.72. The summed E-state index contributed by atoms with van der Waals surface area (Å²) >= 11 is 5.51. The van der Waals surface area contributed by atoms with E-state index in [4.69, 9.17) is 16.0 Å². The van der Waals surface area contributed by atoms with E-state index in [0.717, 1.165) is 6.07 Å². The van der Waals surface area contributed by atoms with E-state index in [0.29, 0.717) is 0 Å². The van der Waals surface area contributed by atoms with E-state index in [-0.39, 0.29) is 23.0 Å². The summed E-state index contributed by atoms with van der Waals surface area (Å²) < 4.78 is 18.2. The minimum absolute atomic E-state index is 0.0913. The van der Waals surface area contributed by atoms with Gasteiger partial charge in [-0.05, 0) is 30.3 Å². The quantitative estimate of drug-likeness (QED) is 0.748. The molecule has 0 aliphatic carbocycles. The van der Waals surface area contributed by atoms with E-state index in [1.54, 1.807) is 6.07 Å². The molecule has 8 heteroatoms. The van der Waals surface area contributed by atoms with Crippen molar-refractivity contribution in [1.82, 2.24) is 5.32 Å². The van der Waals surface area contributed by atoms with Gasteiger partial charge in [0.1, 0.15) is 17.7 Å². The summed E-state index contributed by atoms with van der Waals surface area (Å²) in [5, 5.41) is 14.0. The van der Waals surface area contributed by atoms with Crippen molar-refractivity contribution < 1.29 is 23.5 Å². The summed E-state index contributed by atoms with van der Waals surface area (Å²) in [5.41, 5.74) is 0.0913. The van der Waals surface area contributed by atoms with E-state index in [1.165, 1.54) is 24.5 Å². The Balaban J connectivity index is 1.86. The standard InChI is InChI=1S/C14H12ClFN2O4/c15-9-4-3-8(6-10(9)16)18-14(21)13(20)17-7-11(19)12-2-1-5-22-12/h1-6,11,19H,7H2,(H,17,20)(H,18,21). The van der Waals surface area contributed by atoms with Crippen LogP contribution in [-0.2, 0) is 9.59 Å². The van der Waals surface area contributed by atoms with Gasteiger partial charge in [-0.25, -0.2) is 4.39 Å². The van der Waals surface area contributed by atoms with Gasteiger partial charge in [-0.3, -0.25) is 9.59 Å². The normalized spacial score (nSPS) is 11.8. The van der Waals surface area contributed by atoms with Crippen LogP contribution >= 0.6 is 11.6 Å². The van der Waals surface area contributed by atoms with E-state index >= 15 is 0 Å². The van der Waals surface area contributed by atoms with Gasteiger partial charge in [0.15, 0.2) is 0 Å². The van der Waals surface area contributed by atoms with Crippen LogP contribution in [0.25, 0.3) is 0 Å². The maximum absolute atomic E-state index is 13.2. The maximum atomic E-state index is 13.2. The Morgan fingerprint density at radius 3 is 2.73 bits per heavy atom. The zero-order valence-electron chi connectivity index (χ0n) is 11.2. The number of amides is 2. The molecule has 0 aliphatic rings. The number of anilines is 1. The van der Waals surface area contributed by atoms with Crippen molar-refractivity contribution >= 4 is 29.1 Å². The molecule has 1 atom stereocenters. The molecule has 2 rings (SSSR count). The number of benzene rings is 1. The molecular weight excluding hydrogens is 315 g/mol. The van der Waals surface area contributed by atoms with Crippen LogP contribution in [0.2, 0.25) is 5.02 Å². The third-order valence-electron chi connectivity index (χ3n) is 2.71. The predicted molar refractivity (Wildman–Crippen MR) is 76.7 cm³/mol. The summed E-state index contributed by atoms with van der Waals surface area (Å²) in [7, 11) is 0. The first-order valence-electron chi connectivity index (χ1n) is 6.23. The molecule has 2 aromatic rings. The highest BCUT2D eigenvalue weighted by molar-refractivity contribution is 6.39. The number of nitrogens with one attached hydrogen (secondary N) is 2. The largest absolute Gasteiger partial charge is 0.467 e. The Kier molecular flexibility index (Phi) is 5.13. The van der Waals surface area contributed by atoms with Crippen molar-refractivity contribution in [3.8, 4) is 0 Å². The summed E-state index contributed by atoms with van der Waals surface area (Å²) in [5.74, 6) is -2.41. The number of hydrogen-bond acceptors (Lipinski definition) is 4. The third-order valence-corrected chi connectivity index (χ3v) is 3.02. The average Bonchev–Trinajstić information content (AvgIpc) is 3.02. The molecule has 3 N–H and O–H groups in total. The molecule has 0 radical (unpaired) electrons. The first kappa shape index (κ1) is 16.0. The van der Waals surface area contributed by atoms with Crippen LogP contribution in [0.4, 0.5) is 10.1 Å². The topological polar surface area (TPSA) is 91.6 Å². The second-order valence-electron chi connectivity index (χ2n) is 4.32. The lowest BCUT2D eigenvalue weighted by atomic mass is 10.2.